The van der Waals surface area contributed by atoms with Crippen molar-refractivity contribution in [2.24, 2.45) is 0 Å². The summed E-state index contributed by atoms with van der Waals surface area (Å²) in [5.41, 5.74) is 2.12. The summed E-state index contributed by atoms with van der Waals surface area (Å²) in [7, 11) is 0. The first-order valence-corrected chi connectivity index (χ1v) is 8.49. The van der Waals surface area contributed by atoms with Crippen LogP contribution in [0.1, 0.15) is 18.4 Å². The summed E-state index contributed by atoms with van der Waals surface area (Å²) < 4.78 is 5.47. The number of aryl methyl sites for hydroxylation is 1. The van der Waals surface area contributed by atoms with Gasteiger partial charge in [-0.3, -0.25) is 4.79 Å². The number of carbonyl (C=O) groups is 1. The van der Waals surface area contributed by atoms with Gasteiger partial charge in [-0.2, -0.15) is 0 Å². The largest absolute Gasteiger partial charge is 0.375 e. The summed E-state index contributed by atoms with van der Waals surface area (Å²) >= 11 is 1.63. The molecule has 1 atom stereocenters. The second kappa shape index (κ2) is 7.03. The number of rotatable bonds is 4. The molecule has 0 spiro atoms. The Labute approximate surface area is 134 Å². The Morgan fingerprint density at radius 3 is 3.00 bits per heavy atom. The van der Waals surface area contributed by atoms with Crippen molar-refractivity contribution in [3.8, 4) is 11.3 Å². The molecule has 116 valence electrons. The van der Waals surface area contributed by atoms with Crippen LogP contribution in [0.5, 0.6) is 0 Å². The van der Waals surface area contributed by atoms with E-state index in [4.69, 9.17) is 4.74 Å². The number of morpholine rings is 1. The van der Waals surface area contributed by atoms with Crippen molar-refractivity contribution in [1.29, 1.82) is 0 Å². The molecule has 3 rings (SSSR count). The molecular weight excluding hydrogens is 296 g/mol. The first-order valence-electron chi connectivity index (χ1n) is 7.61. The van der Waals surface area contributed by atoms with Crippen LogP contribution in [0.25, 0.3) is 11.3 Å². The topological polar surface area (TPSA) is 42.4 Å². The van der Waals surface area contributed by atoms with Crippen molar-refractivity contribution < 1.29 is 9.53 Å². The summed E-state index contributed by atoms with van der Waals surface area (Å²) in [5, 5.41) is 3.08. The lowest BCUT2D eigenvalue weighted by Gasteiger charge is -2.31. The van der Waals surface area contributed by atoms with Gasteiger partial charge in [-0.05, 0) is 6.92 Å². The van der Waals surface area contributed by atoms with E-state index in [1.807, 2.05) is 30.0 Å². The minimum absolute atomic E-state index is 0.141. The Hall–Kier alpha value is -1.72. The standard InChI is InChI=1S/C17H20N2O2S/c1-13-11-19(9-10-21-13)17(20)8-7-16-18-15(12-22-16)14-5-3-2-4-6-14/h2-6,12-13H,7-11H2,1H3. The smallest absolute Gasteiger partial charge is 0.223 e. The average Bonchev–Trinajstić information content (AvgIpc) is 3.02. The Morgan fingerprint density at radius 1 is 1.41 bits per heavy atom. The zero-order valence-electron chi connectivity index (χ0n) is 12.7. The van der Waals surface area contributed by atoms with E-state index in [2.05, 4.69) is 22.5 Å². The van der Waals surface area contributed by atoms with E-state index in [0.29, 0.717) is 32.5 Å². The fraction of sp³-hybridized carbons (Fsp3) is 0.412. The molecule has 1 fully saturated rings. The summed E-state index contributed by atoms with van der Waals surface area (Å²) in [4.78, 5) is 18.8. The minimum atomic E-state index is 0.141. The molecule has 0 bridgehead atoms. The summed E-state index contributed by atoms with van der Waals surface area (Å²) in [5.74, 6) is 0.201. The molecule has 1 aromatic carbocycles. The zero-order chi connectivity index (χ0) is 15.4. The van der Waals surface area contributed by atoms with Crippen LogP contribution in [-0.4, -0.2) is 41.6 Å². The van der Waals surface area contributed by atoms with Crippen molar-refractivity contribution in [3.63, 3.8) is 0 Å². The molecule has 1 saturated heterocycles. The number of hydrogen-bond acceptors (Lipinski definition) is 4. The first kappa shape index (κ1) is 15.2. The lowest BCUT2D eigenvalue weighted by atomic mass is 10.2. The van der Waals surface area contributed by atoms with Gasteiger partial charge in [0, 0.05) is 36.9 Å². The third kappa shape index (κ3) is 3.72. The fourth-order valence-corrected chi connectivity index (χ4v) is 3.39. The third-order valence-corrected chi connectivity index (χ3v) is 4.68. The molecule has 4 nitrogen and oxygen atoms in total. The summed E-state index contributed by atoms with van der Waals surface area (Å²) in [6.07, 6.45) is 1.37. The molecule has 0 saturated carbocycles. The summed E-state index contributed by atoms with van der Waals surface area (Å²) in [6, 6.07) is 10.1. The molecule has 1 amide bonds. The van der Waals surface area contributed by atoms with E-state index >= 15 is 0 Å². The van der Waals surface area contributed by atoms with E-state index in [1.165, 1.54) is 0 Å². The molecule has 1 aliphatic rings. The highest BCUT2D eigenvalue weighted by molar-refractivity contribution is 7.09. The zero-order valence-corrected chi connectivity index (χ0v) is 13.5. The molecule has 1 aromatic heterocycles. The average molecular weight is 316 g/mol. The van der Waals surface area contributed by atoms with Gasteiger partial charge in [-0.15, -0.1) is 11.3 Å². The Balaban J connectivity index is 1.56. The van der Waals surface area contributed by atoms with Gasteiger partial charge >= 0.3 is 0 Å². The van der Waals surface area contributed by atoms with Crippen LogP contribution < -0.4 is 0 Å². The van der Waals surface area contributed by atoms with Gasteiger partial charge in [0.15, 0.2) is 0 Å². The maximum absolute atomic E-state index is 12.2. The molecule has 0 aliphatic carbocycles. The van der Waals surface area contributed by atoms with Gasteiger partial charge in [0.05, 0.1) is 23.4 Å². The second-order valence-corrected chi connectivity index (χ2v) is 6.46. The molecule has 5 heteroatoms. The molecular formula is C17H20N2O2S. The van der Waals surface area contributed by atoms with Crippen LogP contribution in [0.4, 0.5) is 0 Å². The highest BCUT2D eigenvalue weighted by Gasteiger charge is 2.21. The van der Waals surface area contributed by atoms with Gasteiger partial charge in [0.25, 0.3) is 0 Å². The van der Waals surface area contributed by atoms with E-state index in [1.54, 1.807) is 11.3 Å². The number of hydrogen-bond donors (Lipinski definition) is 0. The number of amides is 1. The predicted octanol–water partition coefficient (Wildman–Crippen LogP) is 2.99. The SMILES string of the molecule is CC1CN(C(=O)CCc2nc(-c3ccccc3)cs2)CCO1. The monoisotopic (exact) mass is 316 g/mol. The van der Waals surface area contributed by atoms with Crippen molar-refractivity contribution in [3.05, 3.63) is 40.7 Å². The molecule has 22 heavy (non-hydrogen) atoms. The Morgan fingerprint density at radius 2 is 2.23 bits per heavy atom. The highest BCUT2D eigenvalue weighted by atomic mass is 32.1. The van der Waals surface area contributed by atoms with E-state index in [0.717, 1.165) is 16.3 Å². The molecule has 0 radical (unpaired) electrons. The van der Waals surface area contributed by atoms with E-state index < -0.39 is 0 Å². The van der Waals surface area contributed by atoms with Crippen LogP contribution in [0.15, 0.2) is 35.7 Å². The van der Waals surface area contributed by atoms with Crippen molar-refractivity contribution in [1.82, 2.24) is 9.88 Å². The Kier molecular flexibility index (Phi) is 4.85. The van der Waals surface area contributed by atoms with E-state index in [9.17, 15) is 4.79 Å². The van der Waals surface area contributed by atoms with Crippen LogP contribution in [0.3, 0.4) is 0 Å². The van der Waals surface area contributed by atoms with Crippen LogP contribution in [0.2, 0.25) is 0 Å². The van der Waals surface area contributed by atoms with Crippen molar-refractivity contribution >= 4 is 17.2 Å². The van der Waals surface area contributed by atoms with E-state index in [-0.39, 0.29) is 12.0 Å². The highest BCUT2D eigenvalue weighted by Crippen LogP contribution is 2.22. The van der Waals surface area contributed by atoms with Crippen LogP contribution >= 0.6 is 11.3 Å². The number of ether oxygens (including phenoxy) is 1. The number of carbonyl (C=O) groups excluding carboxylic acids is 1. The number of benzene rings is 1. The summed E-state index contributed by atoms with van der Waals surface area (Å²) in [6.45, 7) is 4.05. The van der Waals surface area contributed by atoms with Crippen LogP contribution in [-0.2, 0) is 16.0 Å². The quantitative estimate of drug-likeness (QED) is 0.871. The fourth-order valence-electron chi connectivity index (χ4n) is 2.58. The Bertz CT molecular complexity index is 627. The maximum atomic E-state index is 12.2. The van der Waals surface area contributed by atoms with Crippen LogP contribution in [0, 0.1) is 0 Å². The van der Waals surface area contributed by atoms with Gasteiger partial charge in [-0.1, -0.05) is 30.3 Å². The minimum Gasteiger partial charge on any atom is -0.375 e. The van der Waals surface area contributed by atoms with Gasteiger partial charge in [0.2, 0.25) is 5.91 Å². The molecule has 1 unspecified atom stereocenters. The van der Waals surface area contributed by atoms with Gasteiger partial charge < -0.3 is 9.64 Å². The van der Waals surface area contributed by atoms with Crippen molar-refractivity contribution in [2.45, 2.75) is 25.9 Å². The third-order valence-electron chi connectivity index (χ3n) is 3.77. The molecule has 0 N–H and O–H groups in total. The number of thiazole rings is 1. The van der Waals surface area contributed by atoms with Gasteiger partial charge in [-0.25, -0.2) is 4.98 Å². The molecule has 2 heterocycles. The molecule has 2 aromatic rings. The normalized spacial score (nSPS) is 18.4. The van der Waals surface area contributed by atoms with Crippen molar-refractivity contribution in [2.75, 3.05) is 19.7 Å². The maximum Gasteiger partial charge on any atom is 0.223 e. The predicted molar refractivity (Wildman–Crippen MR) is 87.9 cm³/mol. The number of nitrogens with zero attached hydrogens (tertiary/aromatic N) is 2. The lowest BCUT2D eigenvalue weighted by Crippen LogP contribution is -2.44. The van der Waals surface area contributed by atoms with Gasteiger partial charge in [0.1, 0.15) is 0 Å². The number of aromatic nitrogens is 1. The second-order valence-electron chi connectivity index (χ2n) is 5.51. The molecule has 1 aliphatic heterocycles. The first-order chi connectivity index (χ1) is 10.7. The lowest BCUT2D eigenvalue weighted by molar-refractivity contribution is -0.138.